The van der Waals surface area contributed by atoms with Gasteiger partial charge in [-0.05, 0) is 43.3 Å². The number of ether oxygens (including phenoxy) is 4. The minimum atomic E-state index is -0.703. The summed E-state index contributed by atoms with van der Waals surface area (Å²) in [7, 11) is 1.24. The number of hydrogen-bond donors (Lipinski definition) is 1. The fraction of sp³-hybridized carbons (Fsp3) is 0.250. The number of carbonyl (C=O) groups excluding carboxylic acids is 3. The summed E-state index contributed by atoms with van der Waals surface area (Å²) in [6, 6.07) is 13.1. The number of amides is 1. The van der Waals surface area contributed by atoms with Crippen LogP contribution in [-0.4, -0.2) is 44.8 Å². The van der Waals surface area contributed by atoms with Crippen molar-refractivity contribution >= 4 is 23.5 Å². The standard InChI is InChI=1S/C20H21NO7/c1-3-26-14-8-10-15(11-9-14)27-13-19(23)28-12-18(22)21-17-7-5-4-6-16(17)20(24)25-2/h4-11H,3,12-13H2,1-2H3,(H,21,22). The molecule has 2 aromatic rings. The highest BCUT2D eigenvalue weighted by Gasteiger charge is 2.14. The summed E-state index contributed by atoms with van der Waals surface area (Å²) in [5.74, 6) is -0.717. The summed E-state index contributed by atoms with van der Waals surface area (Å²) < 4.78 is 20.1. The van der Waals surface area contributed by atoms with E-state index in [0.29, 0.717) is 18.1 Å². The van der Waals surface area contributed by atoms with E-state index in [1.807, 2.05) is 6.92 Å². The molecule has 0 bridgehead atoms. The average molecular weight is 387 g/mol. The molecule has 8 nitrogen and oxygen atoms in total. The van der Waals surface area contributed by atoms with Crippen LogP contribution in [-0.2, 0) is 19.1 Å². The van der Waals surface area contributed by atoms with Crippen LogP contribution in [0.25, 0.3) is 0 Å². The molecule has 0 saturated heterocycles. The second-order valence-electron chi connectivity index (χ2n) is 5.44. The SMILES string of the molecule is CCOc1ccc(OCC(=O)OCC(=O)Nc2ccccc2C(=O)OC)cc1. The largest absolute Gasteiger partial charge is 0.494 e. The predicted octanol–water partition coefficient (Wildman–Crippen LogP) is 2.43. The molecule has 0 unspecified atom stereocenters. The zero-order valence-corrected chi connectivity index (χ0v) is 15.6. The molecule has 2 aromatic carbocycles. The van der Waals surface area contributed by atoms with Crippen LogP contribution < -0.4 is 14.8 Å². The van der Waals surface area contributed by atoms with Gasteiger partial charge in [0.25, 0.3) is 5.91 Å². The van der Waals surface area contributed by atoms with E-state index in [4.69, 9.17) is 14.2 Å². The Kier molecular flexibility index (Phi) is 7.83. The third-order valence-corrected chi connectivity index (χ3v) is 3.46. The van der Waals surface area contributed by atoms with Crippen molar-refractivity contribution in [1.29, 1.82) is 0 Å². The zero-order valence-electron chi connectivity index (χ0n) is 15.6. The molecular weight excluding hydrogens is 366 g/mol. The van der Waals surface area contributed by atoms with E-state index in [0.717, 1.165) is 0 Å². The highest BCUT2D eigenvalue weighted by atomic mass is 16.6. The monoisotopic (exact) mass is 387 g/mol. The van der Waals surface area contributed by atoms with Crippen LogP contribution in [0.5, 0.6) is 11.5 Å². The van der Waals surface area contributed by atoms with Gasteiger partial charge in [0, 0.05) is 0 Å². The molecule has 8 heteroatoms. The lowest BCUT2D eigenvalue weighted by Gasteiger charge is -2.10. The molecule has 0 radical (unpaired) electrons. The minimum absolute atomic E-state index is 0.198. The smallest absolute Gasteiger partial charge is 0.344 e. The van der Waals surface area contributed by atoms with Crippen LogP contribution >= 0.6 is 0 Å². The molecular formula is C20H21NO7. The van der Waals surface area contributed by atoms with Gasteiger partial charge in [0.2, 0.25) is 0 Å². The number of hydrogen-bond acceptors (Lipinski definition) is 7. The van der Waals surface area contributed by atoms with Gasteiger partial charge in [0.1, 0.15) is 11.5 Å². The molecule has 0 spiro atoms. The summed E-state index contributed by atoms with van der Waals surface area (Å²) >= 11 is 0. The van der Waals surface area contributed by atoms with Crippen molar-refractivity contribution < 1.29 is 33.3 Å². The molecule has 0 atom stereocenters. The molecule has 0 fully saturated rings. The first-order valence-corrected chi connectivity index (χ1v) is 8.52. The van der Waals surface area contributed by atoms with Crippen LogP contribution in [0.3, 0.4) is 0 Å². The number of esters is 2. The van der Waals surface area contributed by atoms with Crippen molar-refractivity contribution in [3.05, 3.63) is 54.1 Å². The molecule has 1 amide bonds. The summed E-state index contributed by atoms with van der Waals surface area (Å²) in [6.45, 7) is 1.57. The van der Waals surface area contributed by atoms with Crippen molar-refractivity contribution in [2.24, 2.45) is 0 Å². The van der Waals surface area contributed by atoms with Gasteiger partial charge < -0.3 is 24.3 Å². The van der Waals surface area contributed by atoms with Crippen molar-refractivity contribution in [1.82, 2.24) is 0 Å². The molecule has 0 heterocycles. The van der Waals surface area contributed by atoms with Crippen molar-refractivity contribution in [3.8, 4) is 11.5 Å². The van der Waals surface area contributed by atoms with Crippen molar-refractivity contribution in [3.63, 3.8) is 0 Å². The molecule has 0 saturated carbocycles. The Balaban J connectivity index is 1.78. The van der Waals surface area contributed by atoms with Crippen LogP contribution in [0.15, 0.2) is 48.5 Å². The summed E-state index contributed by atoms with van der Waals surface area (Å²) in [5.41, 5.74) is 0.463. The fourth-order valence-corrected chi connectivity index (χ4v) is 2.20. The number of anilines is 1. The molecule has 0 aromatic heterocycles. The molecule has 0 aliphatic heterocycles. The first kappa shape index (κ1) is 20.8. The maximum Gasteiger partial charge on any atom is 0.344 e. The molecule has 0 aliphatic rings. The summed E-state index contributed by atoms with van der Waals surface area (Å²) in [6.07, 6.45) is 0. The lowest BCUT2D eigenvalue weighted by atomic mass is 10.2. The van der Waals surface area contributed by atoms with E-state index in [-0.39, 0.29) is 17.9 Å². The molecule has 148 valence electrons. The lowest BCUT2D eigenvalue weighted by molar-refractivity contribution is -0.149. The van der Waals surface area contributed by atoms with Gasteiger partial charge in [-0.15, -0.1) is 0 Å². The molecule has 1 N–H and O–H groups in total. The van der Waals surface area contributed by atoms with E-state index >= 15 is 0 Å². The lowest BCUT2D eigenvalue weighted by Crippen LogP contribution is -2.24. The molecule has 28 heavy (non-hydrogen) atoms. The van der Waals surface area contributed by atoms with Gasteiger partial charge >= 0.3 is 11.9 Å². The predicted molar refractivity (Wildman–Crippen MR) is 100 cm³/mol. The van der Waals surface area contributed by atoms with E-state index in [9.17, 15) is 14.4 Å². The quantitative estimate of drug-likeness (QED) is 0.660. The first-order chi connectivity index (χ1) is 13.5. The molecule has 0 aliphatic carbocycles. The maximum absolute atomic E-state index is 12.0. The number of methoxy groups -OCH3 is 1. The van der Waals surface area contributed by atoms with Crippen molar-refractivity contribution in [2.45, 2.75) is 6.92 Å². The van der Waals surface area contributed by atoms with Gasteiger partial charge in [-0.2, -0.15) is 0 Å². The van der Waals surface area contributed by atoms with Gasteiger partial charge in [0.05, 0.1) is 25.0 Å². The number of para-hydroxylation sites is 1. The number of benzene rings is 2. The number of rotatable bonds is 9. The van der Waals surface area contributed by atoms with Gasteiger partial charge in [-0.1, -0.05) is 12.1 Å². The van der Waals surface area contributed by atoms with Crippen LogP contribution in [0.1, 0.15) is 17.3 Å². The van der Waals surface area contributed by atoms with Crippen LogP contribution in [0.4, 0.5) is 5.69 Å². The van der Waals surface area contributed by atoms with Crippen LogP contribution in [0, 0.1) is 0 Å². The normalized spacial score (nSPS) is 9.93. The van der Waals surface area contributed by atoms with Gasteiger partial charge in [-0.3, -0.25) is 4.79 Å². The number of carbonyl (C=O) groups is 3. The van der Waals surface area contributed by atoms with E-state index in [2.05, 4.69) is 10.1 Å². The Morgan fingerprint density at radius 1 is 0.893 bits per heavy atom. The summed E-state index contributed by atoms with van der Waals surface area (Å²) in [5, 5.41) is 2.50. The molecule has 2 rings (SSSR count). The van der Waals surface area contributed by atoms with Crippen molar-refractivity contribution in [2.75, 3.05) is 32.2 Å². The number of nitrogens with one attached hydrogen (secondary N) is 1. The minimum Gasteiger partial charge on any atom is -0.494 e. The Labute approximate surface area is 162 Å². The Hall–Kier alpha value is -3.55. The fourth-order valence-electron chi connectivity index (χ4n) is 2.20. The zero-order chi connectivity index (χ0) is 20.4. The Bertz CT molecular complexity index is 818. The van der Waals surface area contributed by atoms with Gasteiger partial charge in [0.15, 0.2) is 13.2 Å². The van der Waals surface area contributed by atoms with E-state index < -0.39 is 24.5 Å². The van der Waals surface area contributed by atoms with Crippen LogP contribution in [0.2, 0.25) is 0 Å². The maximum atomic E-state index is 12.0. The van der Waals surface area contributed by atoms with E-state index in [1.165, 1.54) is 13.2 Å². The Morgan fingerprint density at radius 2 is 1.54 bits per heavy atom. The summed E-state index contributed by atoms with van der Waals surface area (Å²) in [4.78, 5) is 35.4. The Morgan fingerprint density at radius 3 is 2.18 bits per heavy atom. The topological polar surface area (TPSA) is 100 Å². The third kappa shape index (κ3) is 6.31. The highest BCUT2D eigenvalue weighted by Crippen LogP contribution is 2.18. The average Bonchev–Trinajstić information content (AvgIpc) is 2.72. The highest BCUT2D eigenvalue weighted by molar-refractivity contribution is 6.01. The third-order valence-electron chi connectivity index (χ3n) is 3.46. The second kappa shape index (κ2) is 10.6. The van der Waals surface area contributed by atoms with Gasteiger partial charge in [-0.25, -0.2) is 9.59 Å². The second-order valence-corrected chi connectivity index (χ2v) is 5.44. The van der Waals surface area contributed by atoms with E-state index in [1.54, 1.807) is 42.5 Å². The first-order valence-electron chi connectivity index (χ1n) is 8.52.